The Balaban J connectivity index is 1.33. The van der Waals surface area contributed by atoms with Gasteiger partial charge in [-0.25, -0.2) is 4.98 Å². The Labute approximate surface area is 171 Å². The number of piperidine rings is 1. The number of benzene rings is 2. The lowest BCUT2D eigenvalue weighted by molar-refractivity contribution is 0.307. The molecule has 0 spiro atoms. The maximum atomic E-state index is 12.9. The topological polar surface area (TPSA) is 75.5 Å². The summed E-state index contributed by atoms with van der Waals surface area (Å²) in [5.74, 6) is 0.973. The largest absolute Gasteiger partial charge is 0.627 e. The number of aryl methyl sites for hydroxylation is 2. The number of aromatic amines is 1. The second-order valence-corrected chi connectivity index (χ2v) is 7.90. The number of hydroxylamine groups is 2. The van der Waals surface area contributed by atoms with Crippen molar-refractivity contribution in [3.8, 4) is 6.07 Å². The van der Waals surface area contributed by atoms with Gasteiger partial charge in [0.2, 0.25) is 0 Å². The smallest absolute Gasteiger partial charge is 0.132 e. The van der Waals surface area contributed by atoms with Gasteiger partial charge in [0.15, 0.2) is 0 Å². The predicted octanol–water partition coefficient (Wildman–Crippen LogP) is 4.65. The van der Waals surface area contributed by atoms with Gasteiger partial charge in [0.05, 0.1) is 24.7 Å². The molecule has 3 aromatic rings. The van der Waals surface area contributed by atoms with Crippen molar-refractivity contribution in [3.63, 3.8) is 0 Å². The maximum Gasteiger partial charge on any atom is 0.132 e. The number of hydrogen-bond donors (Lipinski definition) is 1. The zero-order valence-electron chi connectivity index (χ0n) is 16.6. The van der Waals surface area contributed by atoms with Crippen molar-refractivity contribution in [1.82, 2.24) is 14.6 Å². The number of nitriles is 1. The summed E-state index contributed by atoms with van der Waals surface area (Å²) >= 11 is 0. The molecule has 5 heteroatoms. The number of nitrogens with zero attached hydrogens (tertiary/aromatic N) is 3. The third-order valence-electron chi connectivity index (χ3n) is 5.75. The molecule has 0 saturated carbocycles. The van der Waals surface area contributed by atoms with Crippen LogP contribution in [-0.2, 0) is 19.3 Å². The summed E-state index contributed by atoms with van der Waals surface area (Å²) < 4.78 is -0.169. The zero-order valence-corrected chi connectivity index (χ0v) is 16.6. The molecule has 0 atom stereocenters. The monoisotopic (exact) mass is 386 g/mol. The third kappa shape index (κ3) is 4.73. The summed E-state index contributed by atoms with van der Waals surface area (Å²) in [5.41, 5.74) is 5.01. The van der Waals surface area contributed by atoms with E-state index in [1.54, 1.807) is 0 Å². The molecule has 2 aromatic carbocycles. The zero-order chi connectivity index (χ0) is 20.1. The molecule has 0 radical (unpaired) electrons. The first kappa shape index (κ1) is 19.4. The van der Waals surface area contributed by atoms with Gasteiger partial charge in [0.25, 0.3) is 0 Å². The summed E-state index contributed by atoms with van der Waals surface area (Å²) in [6, 6.07) is 18.0. The van der Waals surface area contributed by atoms with Crippen molar-refractivity contribution in [1.29, 1.82) is 5.26 Å². The van der Waals surface area contributed by atoms with Gasteiger partial charge in [-0.05, 0) is 61.1 Å². The minimum Gasteiger partial charge on any atom is -0.627 e. The van der Waals surface area contributed by atoms with Gasteiger partial charge >= 0.3 is 0 Å². The van der Waals surface area contributed by atoms with E-state index in [1.807, 2.05) is 42.6 Å². The van der Waals surface area contributed by atoms with Crippen LogP contribution < -0.4 is 4.65 Å². The van der Waals surface area contributed by atoms with Crippen LogP contribution >= 0.6 is 0 Å². The van der Waals surface area contributed by atoms with Gasteiger partial charge in [0.1, 0.15) is 11.5 Å². The van der Waals surface area contributed by atoms with Crippen LogP contribution in [0.1, 0.15) is 47.5 Å². The Bertz CT molecular complexity index is 977. The van der Waals surface area contributed by atoms with Crippen molar-refractivity contribution in [2.24, 2.45) is 0 Å². The molecule has 1 fully saturated rings. The van der Waals surface area contributed by atoms with Gasteiger partial charge in [0, 0.05) is 24.7 Å². The summed E-state index contributed by atoms with van der Waals surface area (Å²) in [5, 5.41) is 21.8. The van der Waals surface area contributed by atoms with Gasteiger partial charge < -0.3 is 14.8 Å². The third-order valence-corrected chi connectivity index (χ3v) is 5.75. The summed E-state index contributed by atoms with van der Waals surface area (Å²) in [7, 11) is 0. The molecule has 0 unspecified atom stereocenters. The summed E-state index contributed by atoms with van der Waals surface area (Å²) in [4.78, 5) is 7.90. The number of hydrogen-bond acceptors (Lipinski definition) is 3. The van der Waals surface area contributed by atoms with Crippen LogP contribution in [0.25, 0.3) is 0 Å². The SMILES string of the molecule is N#Cc1ccc(Cc2cnc(CCc3ccc([N+]4([O-])CCCCC4)cc3)[nH]2)cc1. The standard InChI is InChI=1S/C24H26N4O/c25-17-21-6-4-20(5-7-21)16-22-18-26-24(27-22)13-10-19-8-11-23(12-9-19)28(29)14-2-1-3-15-28/h4-9,11-12,18H,1-3,10,13-16H2,(H,26,27). The lowest BCUT2D eigenvalue weighted by atomic mass is 10.1. The van der Waals surface area contributed by atoms with E-state index >= 15 is 0 Å². The average molecular weight is 386 g/mol. The Hall–Kier alpha value is -2.94. The second kappa shape index (κ2) is 8.60. The van der Waals surface area contributed by atoms with E-state index in [1.165, 1.54) is 12.0 Å². The Kier molecular flexibility index (Phi) is 5.75. The number of nitrogens with one attached hydrogen (secondary N) is 1. The fraction of sp³-hybridized carbons (Fsp3) is 0.333. The number of rotatable bonds is 6. The van der Waals surface area contributed by atoms with E-state index in [4.69, 9.17) is 5.26 Å². The van der Waals surface area contributed by atoms with Crippen LogP contribution in [0.15, 0.2) is 54.7 Å². The molecule has 5 nitrogen and oxygen atoms in total. The van der Waals surface area contributed by atoms with E-state index in [0.717, 1.165) is 54.9 Å². The van der Waals surface area contributed by atoms with Gasteiger partial charge in [-0.2, -0.15) is 5.26 Å². The van der Waals surface area contributed by atoms with Crippen LogP contribution in [0.5, 0.6) is 0 Å². The van der Waals surface area contributed by atoms with E-state index < -0.39 is 0 Å². The highest BCUT2D eigenvalue weighted by molar-refractivity contribution is 5.45. The molecule has 1 aliphatic rings. The van der Waals surface area contributed by atoms with Crippen molar-refractivity contribution in [2.45, 2.75) is 38.5 Å². The van der Waals surface area contributed by atoms with Crippen LogP contribution in [0.4, 0.5) is 5.69 Å². The molecule has 0 aliphatic carbocycles. The average Bonchev–Trinajstić information content (AvgIpc) is 3.21. The first-order chi connectivity index (χ1) is 14.1. The number of aromatic nitrogens is 2. The van der Waals surface area contributed by atoms with E-state index in [2.05, 4.69) is 28.2 Å². The second-order valence-electron chi connectivity index (χ2n) is 7.90. The molecular formula is C24H26N4O. The fourth-order valence-corrected chi connectivity index (χ4v) is 4.02. The van der Waals surface area contributed by atoms with E-state index in [-0.39, 0.29) is 4.65 Å². The van der Waals surface area contributed by atoms with Gasteiger partial charge in [-0.1, -0.05) is 24.3 Å². The Morgan fingerprint density at radius 1 is 0.931 bits per heavy atom. The summed E-state index contributed by atoms with van der Waals surface area (Å²) in [6.45, 7) is 1.40. The fourth-order valence-electron chi connectivity index (χ4n) is 4.02. The first-order valence-electron chi connectivity index (χ1n) is 10.3. The molecule has 29 heavy (non-hydrogen) atoms. The highest BCUT2D eigenvalue weighted by Gasteiger charge is 2.23. The molecule has 2 heterocycles. The minimum absolute atomic E-state index is 0.169. The number of imidazole rings is 1. The Morgan fingerprint density at radius 3 is 2.31 bits per heavy atom. The Morgan fingerprint density at radius 2 is 1.62 bits per heavy atom. The molecule has 0 bridgehead atoms. The minimum atomic E-state index is -0.169. The molecular weight excluding hydrogens is 360 g/mol. The highest BCUT2D eigenvalue weighted by atomic mass is 16.5. The normalized spacial score (nSPS) is 15.7. The number of quaternary nitrogens is 1. The molecule has 0 amide bonds. The predicted molar refractivity (Wildman–Crippen MR) is 115 cm³/mol. The first-order valence-corrected chi connectivity index (χ1v) is 10.3. The van der Waals surface area contributed by atoms with Crippen molar-refractivity contribution in [3.05, 3.63) is 88.1 Å². The lowest BCUT2D eigenvalue weighted by Gasteiger charge is -2.44. The van der Waals surface area contributed by atoms with Crippen LogP contribution in [0.2, 0.25) is 0 Å². The maximum absolute atomic E-state index is 12.9. The molecule has 4 rings (SSSR count). The van der Waals surface area contributed by atoms with E-state index in [9.17, 15) is 5.21 Å². The van der Waals surface area contributed by atoms with Gasteiger partial charge in [-0.15, -0.1) is 0 Å². The van der Waals surface area contributed by atoms with Crippen LogP contribution in [0.3, 0.4) is 0 Å². The van der Waals surface area contributed by atoms with Crippen molar-refractivity contribution in [2.75, 3.05) is 13.1 Å². The lowest BCUT2D eigenvalue weighted by Crippen LogP contribution is -2.47. The molecule has 1 aromatic heterocycles. The molecule has 1 saturated heterocycles. The number of H-pyrrole nitrogens is 1. The van der Waals surface area contributed by atoms with Crippen LogP contribution in [0, 0.1) is 16.5 Å². The van der Waals surface area contributed by atoms with Crippen LogP contribution in [-0.4, -0.2) is 23.1 Å². The van der Waals surface area contributed by atoms with E-state index in [0.29, 0.717) is 18.7 Å². The van der Waals surface area contributed by atoms with Crippen molar-refractivity contribution < 1.29 is 0 Å². The summed E-state index contributed by atoms with van der Waals surface area (Å²) in [6.07, 6.45) is 7.61. The molecule has 1 N–H and O–H groups in total. The molecule has 148 valence electrons. The quantitative estimate of drug-likeness (QED) is 0.495. The molecule has 1 aliphatic heterocycles. The highest BCUT2D eigenvalue weighted by Crippen LogP contribution is 2.27. The van der Waals surface area contributed by atoms with Gasteiger partial charge in [-0.3, -0.25) is 0 Å². The van der Waals surface area contributed by atoms with Crippen molar-refractivity contribution >= 4 is 5.69 Å².